The number of nitrogens with zero attached hydrogens (tertiary/aromatic N) is 4. The molecule has 3 N–H and O–H groups in total. The quantitative estimate of drug-likeness (QED) is 0.492. The number of para-hydroxylation sites is 1. The molecule has 1 aliphatic rings. The lowest BCUT2D eigenvalue weighted by Crippen LogP contribution is -2.22. The third kappa shape index (κ3) is 4.66. The predicted octanol–water partition coefficient (Wildman–Crippen LogP) is 1.70. The van der Waals surface area contributed by atoms with Gasteiger partial charge in [-0.3, -0.25) is 14.4 Å². The van der Waals surface area contributed by atoms with Crippen LogP contribution in [0.1, 0.15) is 27.4 Å². The van der Waals surface area contributed by atoms with Crippen LogP contribution in [0.3, 0.4) is 0 Å². The van der Waals surface area contributed by atoms with Crippen LogP contribution in [0.15, 0.2) is 41.5 Å². The molecule has 11 heteroatoms. The summed E-state index contributed by atoms with van der Waals surface area (Å²) in [7, 11) is 3.04. The summed E-state index contributed by atoms with van der Waals surface area (Å²) in [5.41, 5.74) is 0.908. The Morgan fingerprint density at radius 3 is 2.76 bits per heavy atom. The minimum Gasteiger partial charge on any atom is -0.494 e. The highest BCUT2D eigenvalue weighted by atomic mass is 16.5. The number of rotatable bonds is 7. The molecule has 0 bridgehead atoms. The first kappa shape index (κ1) is 18.3. The third-order valence-electron chi connectivity index (χ3n) is 5.06. The molecule has 1 aliphatic carbocycles. The second-order valence-corrected chi connectivity index (χ2v) is 7.44. The molecule has 1 saturated carbocycles. The van der Waals surface area contributed by atoms with Crippen molar-refractivity contribution in [3.8, 4) is 17.0 Å². The zero-order valence-corrected chi connectivity index (χ0v) is 17.9. The molecular formula is C22H23N7O4. The van der Waals surface area contributed by atoms with Crippen LogP contribution >= 0.6 is 0 Å². The molecule has 0 spiro atoms. The number of benzene rings is 1. The number of aryl methyl sites for hydroxylation is 1. The van der Waals surface area contributed by atoms with Crippen LogP contribution in [-0.2, 0) is 11.8 Å². The van der Waals surface area contributed by atoms with Gasteiger partial charge in [0.15, 0.2) is 17.3 Å². The standard InChI is InChI=1S/C22H23N7O4/c1-23-22(32)19-15(9-17(27-28-19)26-21(31)12-7-8-12)25-14-6-4-5-13(20(14)33-3)16-11-29(2)18(30)10-24-16/h4-6,9-12H,7-8H2,1-3H3,(H,23,32)(H2,25,26,27,31)/i1D3. The molecule has 11 nitrogen and oxygen atoms in total. The summed E-state index contributed by atoms with van der Waals surface area (Å²) in [5.74, 6) is -0.857. The Morgan fingerprint density at radius 1 is 1.24 bits per heavy atom. The van der Waals surface area contributed by atoms with Gasteiger partial charge in [-0.05, 0) is 25.0 Å². The van der Waals surface area contributed by atoms with Crippen LogP contribution < -0.4 is 26.2 Å². The predicted molar refractivity (Wildman–Crippen MR) is 122 cm³/mol. The first-order chi connectivity index (χ1) is 17.1. The second kappa shape index (κ2) is 9.07. The number of hydrogen-bond acceptors (Lipinski definition) is 8. The van der Waals surface area contributed by atoms with E-state index < -0.39 is 12.9 Å². The van der Waals surface area contributed by atoms with Gasteiger partial charge in [0, 0.05) is 41.9 Å². The fourth-order valence-corrected chi connectivity index (χ4v) is 3.19. The molecule has 0 atom stereocenters. The Labute approximate surface area is 193 Å². The molecule has 2 heterocycles. The van der Waals surface area contributed by atoms with Crippen molar-refractivity contribution in [2.24, 2.45) is 13.0 Å². The van der Waals surface area contributed by atoms with Crippen molar-refractivity contribution in [3.05, 3.63) is 52.7 Å². The Kier molecular flexibility index (Phi) is 5.03. The van der Waals surface area contributed by atoms with E-state index in [4.69, 9.17) is 8.85 Å². The number of amides is 2. The van der Waals surface area contributed by atoms with Crippen molar-refractivity contribution in [1.82, 2.24) is 25.1 Å². The van der Waals surface area contributed by atoms with Crippen LogP contribution in [0.5, 0.6) is 5.75 Å². The average molecular weight is 452 g/mol. The van der Waals surface area contributed by atoms with Crippen molar-refractivity contribution in [2.75, 3.05) is 24.7 Å². The minimum absolute atomic E-state index is 0.0849. The van der Waals surface area contributed by atoms with Gasteiger partial charge >= 0.3 is 0 Å². The maximum absolute atomic E-state index is 12.7. The van der Waals surface area contributed by atoms with Crippen molar-refractivity contribution in [3.63, 3.8) is 0 Å². The van der Waals surface area contributed by atoms with E-state index in [2.05, 4.69) is 25.8 Å². The van der Waals surface area contributed by atoms with Gasteiger partial charge in [-0.25, -0.2) is 4.98 Å². The van der Waals surface area contributed by atoms with Crippen molar-refractivity contribution in [1.29, 1.82) is 0 Å². The highest BCUT2D eigenvalue weighted by molar-refractivity contribution is 6.00. The second-order valence-electron chi connectivity index (χ2n) is 7.44. The van der Waals surface area contributed by atoms with Crippen molar-refractivity contribution >= 4 is 29.0 Å². The van der Waals surface area contributed by atoms with E-state index in [1.165, 1.54) is 23.9 Å². The summed E-state index contributed by atoms with van der Waals surface area (Å²) in [6.45, 7) is -2.75. The maximum atomic E-state index is 12.7. The zero-order chi connectivity index (χ0) is 26.0. The number of ether oxygens (including phenoxy) is 1. The molecule has 2 aromatic heterocycles. The molecule has 1 fully saturated rings. The Balaban J connectivity index is 1.74. The van der Waals surface area contributed by atoms with Crippen molar-refractivity contribution in [2.45, 2.75) is 12.8 Å². The van der Waals surface area contributed by atoms with E-state index in [-0.39, 0.29) is 34.6 Å². The largest absolute Gasteiger partial charge is 0.494 e. The fourth-order valence-electron chi connectivity index (χ4n) is 3.19. The highest BCUT2D eigenvalue weighted by Crippen LogP contribution is 2.37. The lowest BCUT2D eigenvalue weighted by atomic mass is 10.1. The molecule has 33 heavy (non-hydrogen) atoms. The van der Waals surface area contributed by atoms with Crippen LogP contribution in [-0.4, -0.2) is 45.6 Å². The lowest BCUT2D eigenvalue weighted by molar-refractivity contribution is -0.117. The number of carbonyl (C=O) groups is 2. The summed E-state index contributed by atoms with van der Waals surface area (Å²) < 4.78 is 29.0. The Bertz CT molecular complexity index is 1390. The SMILES string of the molecule is [2H]C([2H])([2H])NC(=O)c1nnc(NC(=O)C2CC2)cc1Nc1cccc(-c2cn(C)c(=O)cn2)c1OC. The highest BCUT2D eigenvalue weighted by Gasteiger charge is 2.30. The molecule has 0 unspecified atom stereocenters. The Morgan fingerprint density at radius 2 is 2.06 bits per heavy atom. The van der Waals surface area contributed by atoms with Gasteiger partial charge in [-0.15, -0.1) is 10.2 Å². The molecule has 0 radical (unpaired) electrons. The van der Waals surface area contributed by atoms with Crippen LogP contribution in [0.2, 0.25) is 0 Å². The first-order valence-electron chi connectivity index (χ1n) is 11.5. The van der Waals surface area contributed by atoms with E-state index in [0.29, 0.717) is 22.7 Å². The number of nitrogens with one attached hydrogen (secondary N) is 3. The molecular weight excluding hydrogens is 426 g/mol. The normalized spacial score (nSPS) is 14.4. The van der Waals surface area contributed by atoms with Gasteiger partial charge in [0.25, 0.3) is 11.5 Å². The monoisotopic (exact) mass is 452 g/mol. The van der Waals surface area contributed by atoms with Crippen LogP contribution in [0.4, 0.5) is 17.2 Å². The van der Waals surface area contributed by atoms with Gasteiger partial charge < -0.3 is 25.3 Å². The lowest BCUT2D eigenvalue weighted by Gasteiger charge is -2.17. The van der Waals surface area contributed by atoms with E-state index in [0.717, 1.165) is 12.8 Å². The van der Waals surface area contributed by atoms with Crippen LogP contribution in [0.25, 0.3) is 11.3 Å². The topological polar surface area (TPSA) is 140 Å². The third-order valence-corrected chi connectivity index (χ3v) is 5.06. The molecule has 1 aromatic carbocycles. The van der Waals surface area contributed by atoms with Gasteiger partial charge in [0.1, 0.15) is 0 Å². The average Bonchev–Trinajstić information content (AvgIpc) is 3.65. The molecule has 170 valence electrons. The van der Waals surface area contributed by atoms with Gasteiger partial charge in [0.05, 0.1) is 30.4 Å². The summed E-state index contributed by atoms with van der Waals surface area (Å²) in [4.78, 5) is 40.8. The number of hydrogen-bond donors (Lipinski definition) is 3. The van der Waals surface area contributed by atoms with E-state index >= 15 is 0 Å². The van der Waals surface area contributed by atoms with Gasteiger partial charge in [-0.2, -0.15) is 0 Å². The minimum atomic E-state index is -2.75. The maximum Gasteiger partial charge on any atom is 0.273 e. The van der Waals surface area contributed by atoms with E-state index in [1.54, 1.807) is 31.4 Å². The van der Waals surface area contributed by atoms with Gasteiger partial charge in [-0.1, -0.05) is 6.07 Å². The fraction of sp³-hybridized carbons (Fsp3) is 0.273. The Hall–Kier alpha value is -4.28. The van der Waals surface area contributed by atoms with Crippen molar-refractivity contribution < 1.29 is 18.4 Å². The number of anilines is 3. The van der Waals surface area contributed by atoms with Gasteiger partial charge in [0.2, 0.25) is 5.91 Å². The summed E-state index contributed by atoms with van der Waals surface area (Å²) in [5, 5.41) is 15.3. The number of methoxy groups -OCH3 is 1. The summed E-state index contributed by atoms with van der Waals surface area (Å²) in [6, 6.07) is 6.50. The number of carbonyl (C=O) groups excluding carboxylic acids is 2. The number of aromatic nitrogens is 4. The smallest absolute Gasteiger partial charge is 0.273 e. The molecule has 2 amide bonds. The van der Waals surface area contributed by atoms with Crippen LogP contribution in [0, 0.1) is 5.92 Å². The molecule has 3 aromatic rings. The molecule has 0 aliphatic heterocycles. The zero-order valence-electron chi connectivity index (χ0n) is 20.9. The molecule has 0 saturated heterocycles. The molecule has 4 rings (SSSR count). The van der Waals surface area contributed by atoms with E-state index in [1.807, 2.05) is 5.32 Å². The summed E-state index contributed by atoms with van der Waals surface area (Å²) >= 11 is 0. The summed E-state index contributed by atoms with van der Waals surface area (Å²) in [6.07, 6.45) is 4.31. The van der Waals surface area contributed by atoms with E-state index in [9.17, 15) is 14.4 Å². The first-order valence-corrected chi connectivity index (χ1v) is 10.0.